The van der Waals surface area contributed by atoms with Gasteiger partial charge in [0.2, 0.25) is 0 Å². The minimum Gasteiger partial charge on any atom is -0.378 e. The molecule has 2 unspecified atom stereocenters. The Labute approximate surface area is 111 Å². The molecule has 1 aromatic rings. The van der Waals surface area contributed by atoms with Crippen LogP contribution in [0.25, 0.3) is 0 Å². The summed E-state index contributed by atoms with van der Waals surface area (Å²) in [6.07, 6.45) is 4.09. The second-order valence-corrected chi connectivity index (χ2v) is 5.46. The number of hydrogen-bond acceptors (Lipinski definition) is 2. The van der Waals surface area contributed by atoms with Crippen LogP contribution in [0, 0.1) is 13.8 Å². The molecule has 1 aromatic carbocycles. The van der Waals surface area contributed by atoms with Crippen LogP contribution < -0.4 is 5.32 Å². The predicted molar refractivity (Wildman–Crippen MR) is 75.9 cm³/mol. The summed E-state index contributed by atoms with van der Waals surface area (Å²) in [5, 5.41) is 3.61. The smallest absolute Gasteiger partial charge is 0.0588 e. The van der Waals surface area contributed by atoms with Gasteiger partial charge in [-0.1, -0.05) is 23.8 Å². The zero-order chi connectivity index (χ0) is 13.0. The summed E-state index contributed by atoms with van der Waals surface area (Å²) < 4.78 is 5.64. The van der Waals surface area contributed by atoms with Crippen molar-refractivity contribution >= 4 is 0 Å². The Kier molecular flexibility index (Phi) is 4.79. The van der Waals surface area contributed by atoms with Gasteiger partial charge in [-0.15, -0.1) is 0 Å². The molecular formula is C16H25NO. The second-order valence-electron chi connectivity index (χ2n) is 5.46. The van der Waals surface area contributed by atoms with Crippen molar-refractivity contribution in [3.8, 4) is 0 Å². The van der Waals surface area contributed by atoms with Crippen LogP contribution in [-0.4, -0.2) is 19.3 Å². The standard InChI is InChI=1S/C16H25NO/c1-12-6-7-13(2)16(11-12)14(3)17-9-8-15-5-4-10-18-15/h6-7,11,14-15,17H,4-5,8-10H2,1-3H3. The summed E-state index contributed by atoms with van der Waals surface area (Å²) in [5.74, 6) is 0. The molecule has 0 radical (unpaired) electrons. The lowest BCUT2D eigenvalue weighted by atomic mass is 10.00. The van der Waals surface area contributed by atoms with Gasteiger partial charge < -0.3 is 10.1 Å². The average Bonchev–Trinajstić information content (AvgIpc) is 2.85. The molecule has 1 heterocycles. The van der Waals surface area contributed by atoms with E-state index in [-0.39, 0.29) is 0 Å². The number of hydrogen-bond donors (Lipinski definition) is 1. The third kappa shape index (κ3) is 3.56. The van der Waals surface area contributed by atoms with Gasteiger partial charge in [0.1, 0.15) is 0 Å². The van der Waals surface area contributed by atoms with Gasteiger partial charge >= 0.3 is 0 Å². The Bertz CT molecular complexity index is 383. The molecule has 1 aliphatic rings. The minimum atomic E-state index is 0.423. The van der Waals surface area contributed by atoms with Gasteiger partial charge in [0.15, 0.2) is 0 Å². The zero-order valence-electron chi connectivity index (χ0n) is 11.8. The first-order valence-corrected chi connectivity index (χ1v) is 7.09. The summed E-state index contributed by atoms with van der Waals surface area (Å²) in [7, 11) is 0. The Morgan fingerprint density at radius 3 is 2.94 bits per heavy atom. The summed E-state index contributed by atoms with van der Waals surface area (Å²) in [6, 6.07) is 7.10. The van der Waals surface area contributed by atoms with Crippen molar-refractivity contribution in [3.63, 3.8) is 0 Å². The average molecular weight is 247 g/mol. The summed E-state index contributed by atoms with van der Waals surface area (Å²) in [6.45, 7) is 8.59. The Balaban J connectivity index is 1.83. The van der Waals surface area contributed by atoms with E-state index in [4.69, 9.17) is 4.74 Å². The van der Waals surface area contributed by atoms with Crippen molar-refractivity contribution < 1.29 is 4.74 Å². The number of aryl methyl sites for hydroxylation is 2. The van der Waals surface area contributed by atoms with Crippen molar-refractivity contribution in [3.05, 3.63) is 34.9 Å². The van der Waals surface area contributed by atoms with Crippen LogP contribution >= 0.6 is 0 Å². The van der Waals surface area contributed by atoms with E-state index >= 15 is 0 Å². The van der Waals surface area contributed by atoms with Gasteiger partial charge in [-0.3, -0.25) is 0 Å². The van der Waals surface area contributed by atoms with Crippen molar-refractivity contribution in [1.29, 1.82) is 0 Å². The summed E-state index contributed by atoms with van der Waals surface area (Å²) in [5.41, 5.74) is 4.13. The first-order valence-electron chi connectivity index (χ1n) is 7.09. The van der Waals surface area contributed by atoms with Crippen LogP contribution in [-0.2, 0) is 4.74 Å². The third-order valence-corrected chi connectivity index (χ3v) is 3.84. The molecule has 2 nitrogen and oxygen atoms in total. The lowest BCUT2D eigenvalue weighted by Gasteiger charge is -2.18. The number of nitrogens with one attached hydrogen (secondary N) is 1. The first-order chi connectivity index (χ1) is 8.66. The molecule has 0 bridgehead atoms. The molecule has 0 aliphatic carbocycles. The maximum atomic E-state index is 5.64. The lowest BCUT2D eigenvalue weighted by Crippen LogP contribution is -2.24. The predicted octanol–water partition coefficient (Wildman–Crippen LogP) is 3.52. The lowest BCUT2D eigenvalue weighted by molar-refractivity contribution is 0.103. The van der Waals surface area contributed by atoms with Gasteiger partial charge in [-0.05, 0) is 57.7 Å². The van der Waals surface area contributed by atoms with Gasteiger partial charge in [-0.2, -0.15) is 0 Å². The fourth-order valence-corrected chi connectivity index (χ4v) is 2.67. The third-order valence-electron chi connectivity index (χ3n) is 3.84. The molecule has 1 N–H and O–H groups in total. The highest BCUT2D eigenvalue weighted by atomic mass is 16.5. The molecule has 2 atom stereocenters. The molecule has 2 rings (SSSR count). The van der Waals surface area contributed by atoms with E-state index in [1.54, 1.807) is 0 Å². The first kappa shape index (κ1) is 13.6. The van der Waals surface area contributed by atoms with Crippen LogP contribution in [0.1, 0.15) is 48.9 Å². The molecule has 0 spiro atoms. The Morgan fingerprint density at radius 2 is 2.22 bits per heavy atom. The van der Waals surface area contributed by atoms with Gasteiger partial charge in [0.25, 0.3) is 0 Å². The molecule has 0 aromatic heterocycles. The molecule has 2 heteroatoms. The van der Waals surface area contributed by atoms with E-state index in [0.29, 0.717) is 12.1 Å². The maximum Gasteiger partial charge on any atom is 0.0588 e. The SMILES string of the molecule is Cc1ccc(C)c(C(C)NCCC2CCCO2)c1. The van der Waals surface area contributed by atoms with Crippen molar-refractivity contribution in [2.24, 2.45) is 0 Å². The molecule has 1 fully saturated rings. The largest absolute Gasteiger partial charge is 0.378 e. The van der Waals surface area contributed by atoms with Crippen LogP contribution in [0.5, 0.6) is 0 Å². The molecule has 0 amide bonds. The minimum absolute atomic E-state index is 0.423. The molecule has 1 aliphatic heterocycles. The highest BCUT2D eigenvalue weighted by molar-refractivity contribution is 5.32. The quantitative estimate of drug-likeness (QED) is 0.859. The summed E-state index contributed by atoms with van der Waals surface area (Å²) in [4.78, 5) is 0. The fourth-order valence-electron chi connectivity index (χ4n) is 2.67. The van der Waals surface area contributed by atoms with Gasteiger partial charge in [0, 0.05) is 12.6 Å². The van der Waals surface area contributed by atoms with Crippen molar-refractivity contribution in [2.45, 2.75) is 52.2 Å². The van der Waals surface area contributed by atoms with Crippen LogP contribution in [0.15, 0.2) is 18.2 Å². The van der Waals surface area contributed by atoms with E-state index in [2.05, 4.69) is 44.3 Å². The van der Waals surface area contributed by atoms with Gasteiger partial charge in [-0.25, -0.2) is 0 Å². The monoisotopic (exact) mass is 247 g/mol. The number of ether oxygens (including phenoxy) is 1. The fraction of sp³-hybridized carbons (Fsp3) is 0.625. The van der Waals surface area contributed by atoms with E-state index in [0.717, 1.165) is 19.6 Å². The van der Waals surface area contributed by atoms with Crippen molar-refractivity contribution in [2.75, 3.05) is 13.2 Å². The van der Waals surface area contributed by atoms with Crippen LogP contribution in [0.4, 0.5) is 0 Å². The van der Waals surface area contributed by atoms with E-state index in [1.165, 1.54) is 29.5 Å². The molecule has 0 saturated carbocycles. The van der Waals surface area contributed by atoms with E-state index in [9.17, 15) is 0 Å². The Hall–Kier alpha value is -0.860. The zero-order valence-corrected chi connectivity index (χ0v) is 11.8. The number of rotatable bonds is 5. The normalized spacial score (nSPS) is 21.2. The number of benzene rings is 1. The second kappa shape index (κ2) is 6.35. The highest BCUT2D eigenvalue weighted by Gasteiger charge is 2.15. The van der Waals surface area contributed by atoms with Crippen LogP contribution in [0.2, 0.25) is 0 Å². The maximum absolute atomic E-state index is 5.64. The highest BCUT2D eigenvalue weighted by Crippen LogP contribution is 2.19. The molecule has 18 heavy (non-hydrogen) atoms. The van der Waals surface area contributed by atoms with Crippen LogP contribution in [0.3, 0.4) is 0 Å². The van der Waals surface area contributed by atoms with Crippen molar-refractivity contribution in [1.82, 2.24) is 5.32 Å². The molecular weight excluding hydrogens is 222 g/mol. The van der Waals surface area contributed by atoms with Gasteiger partial charge in [0.05, 0.1) is 6.10 Å². The molecule has 1 saturated heterocycles. The summed E-state index contributed by atoms with van der Waals surface area (Å²) >= 11 is 0. The van der Waals surface area contributed by atoms with E-state index < -0.39 is 0 Å². The topological polar surface area (TPSA) is 21.3 Å². The Morgan fingerprint density at radius 1 is 1.39 bits per heavy atom. The molecule has 100 valence electrons. The van der Waals surface area contributed by atoms with E-state index in [1.807, 2.05) is 0 Å².